The van der Waals surface area contributed by atoms with Crippen LogP contribution < -0.4 is 10.6 Å². The molecule has 0 amide bonds. The molecule has 2 aliphatic heterocycles. The van der Waals surface area contributed by atoms with E-state index in [-0.39, 0.29) is 11.2 Å². The van der Waals surface area contributed by atoms with E-state index < -0.39 is 0 Å². The van der Waals surface area contributed by atoms with Crippen LogP contribution in [0.1, 0.15) is 44.6 Å². The molecule has 5 heteroatoms. The molecule has 1 saturated carbocycles. The van der Waals surface area contributed by atoms with Crippen LogP contribution in [-0.4, -0.2) is 37.3 Å². The van der Waals surface area contributed by atoms with E-state index in [1.54, 1.807) is 12.1 Å². The first kappa shape index (κ1) is 15.9. The van der Waals surface area contributed by atoms with Crippen molar-refractivity contribution in [2.45, 2.75) is 62.7 Å². The molecule has 3 unspecified atom stereocenters. The molecule has 1 aromatic carbocycles. The highest BCUT2D eigenvalue weighted by molar-refractivity contribution is 5.80. The van der Waals surface area contributed by atoms with E-state index in [0.29, 0.717) is 18.2 Å². The Hall–Kier alpha value is -1.62. The average Bonchev–Trinajstić information content (AvgIpc) is 3.08. The number of fused-ring (bicyclic) bond motifs is 2. The van der Waals surface area contributed by atoms with Crippen LogP contribution in [0.2, 0.25) is 0 Å². The second-order valence-corrected chi connectivity index (χ2v) is 7.34. The van der Waals surface area contributed by atoms with Crippen LogP contribution in [0.5, 0.6) is 0 Å². The molecular formula is C19H26FN3O. The van der Waals surface area contributed by atoms with E-state index >= 15 is 0 Å². The normalized spacial score (nSPS) is 30.4. The predicted octanol–water partition coefficient (Wildman–Crippen LogP) is 2.73. The Bertz CT molecular complexity index is 612. The topological polar surface area (TPSA) is 45.7 Å². The molecular weight excluding hydrogens is 305 g/mol. The Morgan fingerprint density at radius 1 is 1.29 bits per heavy atom. The standard InChI is InChI=1S/C19H26FN3O/c1-2-21-18(23-16-11-15-7-8-17(16)24-15)22-12-19(9-10-19)13-3-5-14(20)6-4-13/h3-6,15-17H,2,7-12H2,1H3,(H2,21,22,23). The Labute approximate surface area is 142 Å². The summed E-state index contributed by atoms with van der Waals surface area (Å²) in [4.78, 5) is 4.84. The lowest BCUT2D eigenvalue weighted by Crippen LogP contribution is -2.47. The zero-order valence-electron chi connectivity index (χ0n) is 14.2. The van der Waals surface area contributed by atoms with Crippen LogP contribution in [-0.2, 0) is 10.2 Å². The first-order valence-electron chi connectivity index (χ1n) is 9.15. The van der Waals surface area contributed by atoms with Crippen LogP contribution in [0.3, 0.4) is 0 Å². The number of rotatable bonds is 5. The zero-order valence-corrected chi connectivity index (χ0v) is 14.2. The Balaban J connectivity index is 1.42. The van der Waals surface area contributed by atoms with Gasteiger partial charge in [0.25, 0.3) is 0 Å². The second kappa shape index (κ2) is 6.36. The van der Waals surface area contributed by atoms with Gasteiger partial charge in [0.1, 0.15) is 5.82 Å². The molecule has 2 heterocycles. The van der Waals surface area contributed by atoms with Gasteiger partial charge in [0, 0.05) is 12.0 Å². The summed E-state index contributed by atoms with van der Waals surface area (Å²) in [6.45, 7) is 3.67. The Morgan fingerprint density at radius 3 is 2.67 bits per heavy atom. The highest BCUT2D eigenvalue weighted by Crippen LogP contribution is 2.48. The quantitative estimate of drug-likeness (QED) is 0.644. The van der Waals surface area contributed by atoms with Crippen molar-refractivity contribution in [1.29, 1.82) is 0 Å². The maximum absolute atomic E-state index is 13.2. The summed E-state index contributed by atoms with van der Waals surface area (Å²) >= 11 is 0. The molecule has 1 aliphatic carbocycles. The van der Waals surface area contributed by atoms with Gasteiger partial charge in [-0.15, -0.1) is 0 Å². The SMILES string of the molecule is CCNC(=NCC1(c2ccc(F)cc2)CC1)NC1CC2CCC1O2. The maximum Gasteiger partial charge on any atom is 0.191 e. The molecule has 0 aromatic heterocycles. The maximum atomic E-state index is 13.2. The molecule has 24 heavy (non-hydrogen) atoms. The highest BCUT2D eigenvalue weighted by Gasteiger charge is 2.44. The van der Waals surface area contributed by atoms with Gasteiger partial charge in [-0.2, -0.15) is 0 Å². The summed E-state index contributed by atoms with van der Waals surface area (Å²) in [5.74, 6) is 0.705. The first-order chi connectivity index (χ1) is 11.7. The Kier molecular flexibility index (Phi) is 4.21. The van der Waals surface area contributed by atoms with Gasteiger partial charge in [-0.1, -0.05) is 12.1 Å². The zero-order chi connectivity index (χ0) is 16.6. The molecule has 3 aliphatic rings. The lowest BCUT2D eigenvalue weighted by molar-refractivity contribution is 0.0992. The van der Waals surface area contributed by atoms with Crippen molar-refractivity contribution >= 4 is 5.96 Å². The average molecular weight is 331 g/mol. The number of ether oxygens (including phenoxy) is 1. The third kappa shape index (κ3) is 3.14. The van der Waals surface area contributed by atoms with Gasteiger partial charge in [-0.05, 0) is 56.7 Å². The number of nitrogens with one attached hydrogen (secondary N) is 2. The van der Waals surface area contributed by atoms with Gasteiger partial charge in [-0.25, -0.2) is 4.39 Å². The van der Waals surface area contributed by atoms with Crippen molar-refractivity contribution in [3.8, 4) is 0 Å². The van der Waals surface area contributed by atoms with E-state index in [2.05, 4.69) is 17.6 Å². The summed E-state index contributed by atoms with van der Waals surface area (Å²) in [5.41, 5.74) is 1.30. The second-order valence-electron chi connectivity index (χ2n) is 7.34. The van der Waals surface area contributed by atoms with E-state index in [9.17, 15) is 4.39 Å². The van der Waals surface area contributed by atoms with Crippen LogP contribution in [0.15, 0.2) is 29.3 Å². The van der Waals surface area contributed by atoms with Crippen LogP contribution >= 0.6 is 0 Å². The molecule has 2 bridgehead atoms. The minimum absolute atomic E-state index is 0.0984. The summed E-state index contributed by atoms with van der Waals surface area (Å²) in [5, 5.41) is 6.92. The third-order valence-electron chi connectivity index (χ3n) is 5.62. The summed E-state index contributed by atoms with van der Waals surface area (Å²) in [7, 11) is 0. The molecule has 4 rings (SSSR count). The molecule has 3 atom stereocenters. The Morgan fingerprint density at radius 2 is 2.08 bits per heavy atom. The number of hydrogen-bond acceptors (Lipinski definition) is 2. The van der Waals surface area contributed by atoms with Gasteiger partial charge < -0.3 is 15.4 Å². The number of aliphatic imine (C=N–C) groups is 1. The van der Waals surface area contributed by atoms with Crippen molar-refractivity contribution in [1.82, 2.24) is 10.6 Å². The largest absolute Gasteiger partial charge is 0.373 e. The van der Waals surface area contributed by atoms with E-state index in [0.717, 1.165) is 44.7 Å². The van der Waals surface area contributed by atoms with Gasteiger partial charge in [0.05, 0.1) is 24.8 Å². The fourth-order valence-electron chi connectivity index (χ4n) is 4.01. The molecule has 2 N–H and O–H groups in total. The number of hydrogen-bond donors (Lipinski definition) is 2. The van der Waals surface area contributed by atoms with Crippen molar-refractivity contribution in [2.24, 2.45) is 4.99 Å². The highest BCUT2D eigenvalue weighted by atomic mass is 19.1. The molecule has 2 saturated heterocycles. The third-order valence-corrected chi connectivity index (χ3v) is 5.62. The van der Waals surface area contributed by atoms with Gasteiger partial charge in [-0.3, -0.25) is 4.99 Å². The van der Waals surface area contributed by atoms with Crippen LogP contribution in [0, 0.1) is 5.82 Å². The van der Waals surface area contributed by atoms with Gasteiger partial charge in [0.2, 0.25) is 0 Å². The number of halogens is 1. The summed E-state index contributed by atoms with van der Waals surface area (Å²) < 4.78 is 19.1. The van der Waals surface area contributed by atoms with Crippen molar-refractivity contribution in [2.75, 3.05) is 13.1 Å². The smallest absolute Gasteiger partial charge is 0.191 e. The monoisotopic (exact) mass is 331 g/mol. The molecule has 1 aromatic rings. The lowest BCUT2D eigenvalue weighted by Gasteiger charge is -2.23. The molecule has 3 fully saturated rings. The summed E-state index contributed by atoms with van der Waals surface area (Å²) in [6, 6.07) is 7.29. The van der Waals surface area contributed by atoms with Gasteiger partial charge in [0.15, 0.2) is 5.96 Å². The number of guanidine groups is 1. The fourth-order valence-corrected chi connectivity index (χ4v) is 4.01. The van der Waals surface area contributed by atoms with Gasteiger partial charge >= 0.3 is 0 Å². The van der Waals surface area contributed by atoms with E-state index in [4.69, 9.17) is 9.73 Å². The van der Waals surface area contributed by atoms with E-state index in [1.807, 2.05) is 12.1 Å². The number of nitrogens with zero attached hydrogens (tertiary/aromatic N) is 1. The number of benzene rings is 1. The minimum atomic E-state index is -0.177. The molecule has 0 radical (unpaired) electrons. The first-order valence-corrected chi connectivity index (χ1v) is 9.15. The fraction of sp³-hybridized carbons (Fsp3) is 0.632. The predicted molar refractivity (Wildman–Crippen MR) is 92.7 cm³/mol. The molecule has 130 valence electrons. The van der Waals surface area contributed by atoms with Crippen molar-refractivity contribution < 1.29 is 9.13 Å². The van der Waals surface area contributed by atoms with Crippen LogP contribution in [0.25, 0.3) is 0 Å². The van der Waals surface area contributed by atoms with E-state index in [1.165, 1.54) is 12.0 Å². The lowest BCUT2D eigenvalue weighted by atomic mass is 9.95. The van der Waals surface area contributed by atoms with Crippen molar-refractivity contribution in [3.63, 3.8) is 0 Å². The van der Waals surface area contributed by atoms with Crippen LogP contribution in [0.4, 0.5) is 4.39 Å². The molecule has 0 spiro atoms. The van der Waals surface area contributed by atoms with Crippen molar-refractivity contribution in [3.05, 3.63) is 35.6 Å². The molecule has 4 nitrogen and oxygen atoms in total. The summed E-state index contributed by atoms with van der Waals surface area (Å²) in [6.07, 6.45) is 6.46. The minimum Gasteiger partial charge on any atom is -0.373 e.